The first-order chi connectivity index (χ1) is 14.5. The second-order valence-electron chi connectivity index (χ2n) is 6.85. The number of rotatable bonds is 5. The van der Waals surface area contributed by atoms with Crippen LogP contribution in [0.15, 0.2) is 71.6 Å². The largest absolute Gasteiger partial charge is 0.348 e. The summed E-state index contributed by atoms with van der Waals surface area (Å²) in [6, 6.07) is 18.7. The number of nitrogens with one attached hydrogen (secondary N) is 1. The number of benzene rings is 3. The lowest BCUT2D eigenvalue weighted by Crippen LogP contribution is -2.35. The number of nitrogens with zero attached hydrogens (tertiary/aromatic N) is 1. The van der Waals surface area contributed by atoms with Crippen molar-refractivity contribution < 1.29 is 14.0 Å². The van der Waals surface area contributed by atoms with Crippen LogP contribution in [0.2, 0.25) is 5.02 Å². The van der Waals surface area contributed by atoms with Gasteiger partial charge in [0.2, 0.25) is 5.91 Å². The molecule has 1 aliphatic heterocycles. The third-order valence-electron chi connectivity index (χ3n) is 4.82. The molecule has 1 heterocycles. The lowest BCUT2D eigenvalue weighted by atomic mass is 10.1. The average Bonchev–Trinajstić information content (AvgIpc) is 2.76. The van der Waals surface area contributed by atoms with E-state index < -0.39 is 0 Å². The molecule has 0 unspecified atom stereocenters. The molecule has 7 heteroatoms. The van der Waals surface area contributed by atoms with E-state index in [1.807, 2.05) is 24.3 Å². The van der Waals surface area contributed by atoms with Gasteiger partial charge in [-0.1, -0.05) is 41.9 Å². The van der Waals surface area contributed by atoms with E-state index in [0.717, 1.165) is 16.0 Å². The molecule has 4 rings (SSSR count). The molecular formula is C23H18ClFN2O2S. The van der Waals surface area contributed by atoms with Gasteiger partial charge >= 0.3 is 0 Å². The first-order valence-electron chi connectivity index (χ1n) is 9.34. The van der Waals surface area contributed by atoms with E-state index in [-0.39, 0.29) is 24.2 Å². The standard InChI is InChI=1S/C23H18ClFN2O2S/c24-19-4-2-1-3-17(19)13-27-20-11-16(7-10-21(20)30-14-22(27)28)23(29)26-12-15-5-8-18(25)9-6-15/h1-11H,12-14H2,(H,26,29). The second-order valence-corrected chi connectivity index (χ2v) is 8.28. The number of anilines is 1. The van der Waals surface area contributed by atoms with Crippen molar-refractivity contribution in [3.05, 3.63) is 94.3 Å². The molecule has 4 nitrogen and oxygen atoms in total. The Bertz CT molecular complexity index is 1100. The molecule has 0 saturated heterocycles. The summed E-state index contributed by atoms with van der Waals surface area (Å²) in [5, 5.41) is 3.43. The van der Waals surface area contributed by atoms with Gasteiger partial charge in [-0.3, -0.25) is 9.59 Å². The number of thioether (sulfide) groups is 1. The van der Waals surface area contributed by atoms with Gasteiger partial charge in [0.05, 0.1) is 18.0 Å². The van der Waals surface area contributed by atoms with Crippen molar-refractivity contribution in [3.63, 3.8) is 0 Å². The highest BCUT2D eigenvalue weighted by Gasteiger charge is 2.26. The molecule has 0 aliphatic carbocycles. The quantitative estimate of drug-likeness (QED) is 0.604. The Balaban J connectivity index is 1.55. The SMILES string of the molecule is O=C(NCc1ccc(F)cc1)c1ccc2c(c1)N(Cc1ccccc1Cl)C(=O)CS2. The number of carbonyl (C=O) groups is 2. The summed E-state index contributed by atoms with van der Waals surface area (Å²) in [6.45, 7) is 0.625. The molecule has 0 spiro atoms. The number of amides is 2. The fraction of sp³-hybridized carbons (Fsp3) is 0.130. The summed E-state index contributed by atoms with van der Waals surface area (Å²) in [5.41, 5.74) is 2.80. The van der Waals surface area contributed by atoms with Gasteiger partial charge in [-0.05, 0) is 47.5 Å². The maximum atomic E-state index is 13.0. The smallest absolute Gasteiger partial charge is 0.251 e. The highest BCUT2D eigenvalue weighted by Crippen LogP contribution is 2.37. The van der Waals surface area contributed by atoms with Gasteiger partial charge in [0, 0.05) is 22.0 Å². The zero-order valence-electron chi connectivity index (χ0n) is 15.9. The van der Waals surface area contributed by atoms with Gasteiger partial charge in [-0.2, -0.15) is 0 Å². The predicted octanol–water partition coefficient (Wildman–Crippen LogP) is 5.05. The zero-order valence-corrected chi connectivity index (χ0v) is 17.5. The van der Waals surface area contributed by atoms with Crippen LogP contribution in [0.1, 0.15) is 21.5 Å². The number of halogens is 2. The molecule has 0 fully saturated rings. The van der Waals surface area contributed by atoms with Crippen LogP contribution in [0, 0.1) is 5.82 Å². The Kier molecular flexibility index (Phi) is 6.06. The Labute approximate surface area is 183 Å². The lowest BCUT2D eigenvalue weighted by molar-refractivity contribution is -0.116. The third-order valence-corrected chi connectivity index (χ3v) is 6.23. The fourth-order valence-electron chi connectivity index (χ4n) is 3.20. The van der Waals surface area contributed by atoms with Gasteiger partial charge < -0.3 is 10.2 Å². The van der Waals surface area contributed by atoms with Crippen molar-refractivity contribution in [2.45, 2.75) is 18.0 Å². The van der Waals surface area contributed by atoms with E-state index in [9.17, 15) is 14.0 Å². The average molecular weight is 441 g/mol. The van der Waals surface area contributed by atoms with Crippen molar-refractivity contribution in [2.75, 3.05) is 10.7 Å². The summed E-state index contributed by atoms with van der Waals surface area (Å²) in [5.74, 6) is -0.271. The number of fused-ring (bicyclic) bond motifs is 1. The van der Waals surface area contributed by atoms with E-state index in [0.29, 0.717) is 28.6 Å². The number of hydrogen-bond acceptors (Lipinski definition) is 3. The third kappa shape index (κ3) is 4.50. The molecule has 3 aromatic carbocycles. The minimum Gasteiger partial charge on any atom is -0.348 e. The Morgan fingerprint density at radius 2 is 1.87 bits per heavy atom. The first-order valence-corrected chi connectivity index (χ1v) is 10.7. The van der Waals surface area contributed by atoms with Crippen molar-refractivity contribution in [2.24, 2.45) is 0 Å². The van der Waals surface area contributed by atoms with E-state index >= 15 is 0 Å². The van der Waals surface area contributed by atoms with Crippen LogP contribution < -0.4 is 10.2 Å². The molecule has 1 N–H and O–H groups in total. The molecular weight excluding hydrogens is 423 g/mol. The molecule has 0 radical (unpaired) electrons. The van der Waals surface area contributed by atoms with Crippen molar-refractivity contribution in [1.29, 1.82) is 0 Å². The van der Waals surface area contributed by atoms with E-state index in [2.05, 4.69) is 5.32 Å². The maximum absolute atomic E-state index is 13.0. The molecule has 152 valence electrons. The topological polar surface area (TPSA) is 49.4 Å². The van der Waals surface area contributed by atoms with Crippen LogP contribution in [0.4, 0.5) is 10.1 Å². The minimum atomic E-state index is -0.319. The van der Waals surface area contributed by atoms with Gasteiger partial charge in [0.15, 0.2) is 0 Å². The van der Waals surface area contributed by atoms with Crippen LogP contribution in [0.3, 0.4) is 0 Å². The van der Waals surface area contributed by atoms with Gasteiger partial charge in [0.1, 0.15) is 5.82 Å². The zero-order chi connectivity index (χ0) is 21.1. The van der Waals surface area contributed by atoms with Crippen LogP contribution in [0.25, 0.3) is 0 Å². The monoisotopic (exact) mass is 440 g/mol. The molecule has 1 aliphatic rings. The summed E-state index contributed by atoms with van der Waals surface area (Å²) in [4.78, 5) is 27.9. The van der Waals surface area contributed by atoms with Crippen molar-refractivity contribution >= 4 is 40.9 Å². The van der Waals surface area contributed by atoms with Crippen LogP contribution in [0.5, 0.6) is 0 Å². The molecule has 0 saturated carbocycles. The molecule has 0 bridgehead atoms. The molecule has 2 amide bonds. The van der Waals surface area contributed by atoms with Crippen molar-refractivity contribution in [1.82, 2.24) is 5.32 Å². The predicted molar refractivity (Wildman–Crippen MR) is 117 cm³/mol. The molecule has 30 heavy (non-hydrogen) atoms. The Hall–Kier alpha value is -2.83. The minimum absolute atomic E-state index is 0.0312. The second kappa shape index (κ2) is 8.90. The summed E-state index contributed by atoms with van der Waals surface area (Å²) in [6.07, 6.45) is 0. The van der Waals surface area contributed by atoms with Crippen LogP contribution in [-0.4, -0.2) is 17.6 Å². The van der Waals surface area contributed by atoms with Gasteiger partial charge in [-0.25, -0.2) is 4.39 Å². The molecule has 0 aromatic heterocycles. The number of carbonyl (C=O) groups excluding carboxylic acids is 2. The maximum Gasteiger partial charge on any atom is 0.251 e. The van der Waals surface area contributed by atoms with E-state index in [1.54, 1.807) is 35.2 Å². The Morgan fingerprint density at radius 3 is 2.63 bits per heavy atom. The summed E-state index contributed by atoms with van der Waals surface area (Å²) < 4.78 is 13.0. The Morgan fingerprint density at radius 1 is 1.10 bits per heavy atom. The molecule has 0 atom stereocenters. The summed E-state index contributed by atoms with van der Waals surface area (Å²) >= 11 is 7.73. The van der Waals surface area contributed by atoms with Crippen LogP contribution in [-0.2, 0) is 17.9 Å². The highest BCUT2D eigenvalue weighted by atomic mass is 35.5. The van der Waals surface area contributed by atoms with E-state index in [1.165, 1.54) is 23.9 Å². The highest BCUT2D eigenvalue weighted by molar-refractivity contribution is 8.00. The van der Waals surface area contributed by atoms with Gasteiger partial charge in [-0.15, -0.1) is 11.8 Å². The molecule has 3 aromatic rings. The van der Waals surface area contributed by atoms with Crippen LogP contribution >= 0.6 is 23.4 Å². The van der Waals surface area contributed by atoms with Crippen molar-refractivity contribution in [3.8, 4) is 0 Å². The summed E-state index contributed by atoms with van der Waals surface area (Å²) in [7, 11) is 0. The first kappa shape index (κ1) is 20.4. The number of hydrogen-bond donors (Lipinski definition) is 1. The lowest BCUT2D eigenvalue weighted by Gasteiger charge is -2.29. The normalized spacial score (nSPS) is 13.1. The fourth-order valence-corrected chi connectivity index (χ4v) is 4.31. The van der Waals surface area contributed by atoms with Gasteiger partial charge in [0.25, 0.3) is 5.91 Å². The van der Waals surface area contributed by atoms with E-state index in [4.69, 9.17) is 11.6 Å².